The zero-order valence-corrected chi connectivity index (χ0v) is 22.7. The Morgan fingerprint density at radius 2 is 1.11 bits per heavy atom. The maximum atomic E-state index is 9.93. The molecule has 4 aromatic rings. The summed E-state index contributed by atoms with van der Waals surface area (Å²) in [5.74, 6) is 1.87. The van der Waals surface area contributed by atoms with E-state index in [0.717, 1.165) is 46.9 Å². The van der Waals surface area contributed by atoms with Gasteiger partial charge in [-0.05, 0) is 37.1 Å². The molecule has 15 heteroatoms. The summed E-state index contributed by atoms with van der Waals surface area (Å²) in [7, 11) is 0. The molecule has 2 aromatic carbocycles. The molecular weight excluding hydrogens is 649 g/mol. The Morgan fingerprint density at radius 3 is 1.43 bits per heavy atom. The number of fused-ring (bicyclic) bond motifs is 2. The molecule has 193 valence electrons. The van der Waals surface area contributed by atoms with Crippen LogP contribution in [0, 0.1) is 0 Å². The Labute approximate surface area is 216 Å². The molecule has 0 bridgehead atoms. The van der Waals surface area contributed by atoms with Crippen LogP contribution in [0.2, 0.25) is 0 Å². The van der Waals surface area contributed by atoms with E-state index in [0.29, 0.717) is 13.1 Å². The minimum atomic E-state index is -11.2. The normalized spacial score (nSPS) is 14.9. The third-order valence-corrected chi connectivity index (χ3v) is 4.29. The third kappa shape index (κ3) is 13.4. The summed E-state index contributed by atoms with van der Waals surface area (Å²) in [6.07, 6.45) is 2.56. The minimum absolute atomic E-state index is 0. The van der Waals surface area contributed by atoms with Gasteiger partial charge in [0.1, 0.15) is 11.6 Å². The van der Waals surface area contributed by atoms with Crippen molar-refractivity contribution >= 4 is 41.5 Å². The van der Waals surface area contributed by atoms with Crippen molar-refractivity contribution in [2.24, 2.45) is 0 Å². The van der Waals surface area contributed by atoms with Crippen LogP contribution in [0.5, 0.6) is 0 Å². The molecular formula is C20H23ClCrF6N5OSb+. The van der Waals surface area contributed by atoms with Crippen LogP contribution < -0.4 is 17.7 Å². The van der Waals surface area contributed by atoms with Gasteiger partial charge >= 0.3 is 53.7 Å². The SMILES string of the molecule is C1CCOC1.[Cl-].[Cr+3].[F][Sb-]([F])([F])([F])([F])[F].c1ccc2[nH]c(CNCc3nc4ccccc4[nH]3)nc2c1. The topological polar surface area (TPSA) is 78.6 Å². The number of halogens is 7. The smallest absolute Gasteiger partial charge is 0.121 e. The van der Waals surface area contributed by atoms with E-state index in [9.17, 15) is 16.9 Å². The van der Waals surface area contributed by atoms with E-state index in [1.165, 1.54) is 12.8 Å². The number of aromatic amines is 2. The first-order valence-corrected chi connectivity index (χ1v) is 15.8. The summed E-state index contributed by atoms with van der Waals surface area (Å²) in [5, 5.41) is 3.35. The van der Waals surface area contributed by atoms with Gasteiger partial charge in [-0.25, -0.2) is 9.97 Å². The number of nitrogens with zero attached hydrogens (tertiary/aromatic N) is 2. The van der Waals surface area contributed by atoms with Crippen molar-refractivity contribution in [3.8, 4) is 0 Å². The molecule has 0 aliphatic carbocycles. The standard InChI is InChI=1S/C16H15N5.C4H8O.ClH.Cr.6FH.Sb/c1-2-6-12-11(5-1)18-15(19-12)9-17-10-16-20-13-7-3-4-8-14(13)21-16;1-2-4-5-3-1;;;;;;;;;/h1-8,17H,9-10H2,(H,18,19)(H,20,21);1-4H2;1H;;6*1H;/q;;;+3;;;;;;;+5/p-7. The van der Waals surface area contributed by atoms with Gasteiger partial charge in [-0.3, -0.25) is 0 Å². The van der Waals surface area contributed by atoms with E-state index in [4.69, 9.17) is 4.74 Å². The van der Waals surface area contributed by atoms with Crippen LogP contribution in [0.25, 0.3) is 22.1 Å². The predicted molar refractivity (Wildman–Crippen MR) is 115 cm³/mol. The molecule has 0 unspecified atom stereocenters. The fraction of sp³-hybridized carbons (Fsp3) is 0.300. The van der Waals surface area contributed by atoms with E-state index < -0.39 is 19.5 Å². The first-order chi connectivity index (χ1) is 15.3. The second-order valence-electron chi connectivity index (χ2n) is 7.28. The van der Waals surface area contributed by atoms with Crippen LogP contribution in [0.4, 0.5) is 16.9 Å². The molecule has 1 aliphatic rings. The Bertz CT molecular complexity index is 1040. The molecule has 0 amide bonds. The van der Waals surface area contributed by atoms with Crippen molar-refractivity contribution in [2.75, 3.05) is 13.2 Å². The van der Waals surface area contributed by atoms with E-state index >= 15 is 0 Å². The van der Waals surface area contributed by atoms with E-state index in [-0.39, 0.29) is 29.8 Å². The molecule has 2 aromatic heterocycles. The van der Waals surface area contributed by atoms with Gasteiger partial charge in [-0.1, -0.05) is 24.3 Å². The Kier molecular flexibility index (Phi) is 11.0. The molecule has 1 radical (unpaired) electrons. The molecule has 1 aliphatic heterocycles. The second-order valence-corrected chi connectivity index (χ2v) is 12.8. The van der Waals surface area contributed by atoms with Crippen molar-refractivity contribution < 1.29 is 51.4 Å². The monoisotopic (exact) mass is 671 g/mol. The molecule has 1 saturated heterocycles. The van der Waals surface area contributed by atoms with E-state index in [1.54, 1.807) is 0 Å². The van der Waals surface area contributed by atoms with Crippen LogP contribution in [-0.2, 0) is 35.2 Å². The van der Waals surface area contributed by atoms with E-state index in [2.05, 4.69) is 25.3 Å². The van der Waals surface area contributed by atoms with Crippen LogP contribution in [0.1, 0.15) is 24.5 Å². The van der Waals surface area contributed by atoms with Crippen LogP contribution in [0.3, 0.4) is 0 Å². The Balaban J connectivity index is 0.000000367. The summed E-state index contributed by atoms with van der Waals surface area (Å²) >= 11 is -11.2. The first kappa shape index (κ1) is 31.6. The maximum absolute atomic E-state index is 11.2. The molecule has 6 nitrogen and oxygen atoms in total. The number of para-hydroxylation sites is 4. The van der Waals surface area contributed by atoms with Gasteiger partial charge in [0.05, 0.1) is 35.2 Å². The van der Waals surface area contributed by atoms with Crippen molar-refractivity contribution in [3.63, 3.8) is 0 Å². The van der Waals surface area contributed by atoms with Gasteiger partial charge < -0.3 is 32.4 Å². The number of hydrogen-bond acceptors (Lipinski definition) is 4. The van der Waals surface area contributed by atoms with Crippen LogP contribution >= 0.6 is 0 Å². The molecule has 35 heavy (non-hydrogen) atoms. The fourth-order valence-corrected chi connectivity index (χ4v) is 2.99. The quantitative estimate of drug-likeness (QED) is 0.230. The molecule has 1 fully saturated rings. The average molecular weight is 673 g/mol. The number of nitrogens with one attached hydrogen (secondary N) is 3. The largest absolute Gasteiger partial charge is 0.341 e. The number of benzene rings is 2. The Hall–Kier alpha value is -1.48. The molecule has 0 spiro atoms. The van der Waals surface area contributed by atoms with Gasteiger partial charge in [-0.2, -0.15) is 0 Å². The van der Waals surface area contributed by atoms with Gasteiger partial charge in [0, 0.05) is 13.2 Å². The molecule has 0 atom stereocenters. The van der Waals surface area contributed by atoms with Gasteiger partial charge in [0.2, 0.25) is 0 Å². The van der Waals surface area contributed by atoms with Crippen molar-refractivity contribution in [2.45, 2.75) is 25.9 Å². The van der Waals surface area contributed by atoms with Crippen molar-refractivity contribution in [3.05, 3.63) is 60.2 Å². The molecule has 3 heterocycles. The summed E-state index contributed by atoms with van der Waals surface area (Å²) in [6.45, 7) is 3.37. The fourth-order valence-electron chi connectivity index (χ4n) is 2.99. The summed E-state index contributed by atoms with van der Waals surface area (Å²) in [5.41, 5.74) is 4.13. The van der Waals surface area contributed by atoms with Gasteiger partial charge in [-0.15, -0.1) is 0 Å². The number of hydrogen-bond donors (Lipinski definition) is 3. The minimum Gasteiger partial charge on any atom is -0.341 e. The predicted octanol–water partition coefficient (Wildman–Crippen LogP) is 2.67. The molecule has 3 N–H and O–H groups in total. The number of H-pyrrole nitrogens is 2. The van der Waals surface area contributed by atoms with Gasteiger partial charge in [0.25, 0.3) is 0 Å². The maximum Gasteiger partial charge on any atom is 0.121 e. The Morgan fingerprint density at radius 1 is 0.743 bits per heavy atom. The summed E-state index contributed by atoms with van der Waals surface area (Å²) in [4.78, 5) is 15.7. The average Bonchev–Trinajstić information content (AvgIpc) is 3.46. The van der Waals surface area contributed by atoms with Crippen LogP contribution in [0.15, 0.2) is 48.5 Å². The number of ether oxygens (including phenoxy) is 1. The van der Waals surface area contributed by atoms with Crippen LogP contribution in [-0.4, -0.2) is 52.6 Å². The van der Waals surface area contributed by atoms with E-state index in [1.807, 2.05) is 48.5 Å². The molecule has 5 rings (SSSR count). The number of aromatic nitrogens is 4. The first-order valence-electron chi connectivity index (χ1n) is 10.1. The zero-order valence-electron chi connectivity index (χ0n) is 18.2. The van der Waals surface area contributed by atoms with Crippen molar-refractivity contribution in [1.82, 2.24) is 25.3 Å². The van der Waals surface area contributed by atoms with Crippen molar-refractivity contribution in [1.29, 1.82) is 0 Å². The molecule has 0 saturated carbocycles. The van der Waals surface area contributed by atoms with Gasteiger partial charge in [0.15, 0.2) is 0 Å². The number of imidazole rings is 2. The zero-order chi connectivity index (χ0) is 24.0. The second kappa shape index (κ2) is 12.2. The summed E-state index contributed by atoms with van der Waals surface area (Å²) < 4.78 is 64.5. The third-order valence-electron chi connectivity index (χ3n) is 4.29. The summed E-state index contributed by atoms with van der Waals surface area (Å²) in [6, 6.07) is 16.1. The number of rotatable bonds is 4.